The molecular formula is C10H9Cl2F2NO2. The molecule has 0 aliphatic carbocycles. The van der Waals surface area contributed by atoms with Crippen molar-refractivity contribution in [2.75, 3.05) is 7.11 Å². The van der Waals surface area contributed by atoms with Gasteiger partial charge in [0.25, 0.3) is 6.43 Å². The van der Waals surface area contributed by atoms with Crippen LogP contribution in [0.1, 0.15) is 23.2 Å². The highest BCUT2D eigenvalue weighted by Gasteiger charge is 2.20. The number of esters is 1. The van der Waals surface area contributed by atoms with Crippen LogP contribution in [0, 0.1) is 0 Å². The molecule has 0 fully saturated rings. The van der Waals surface area contributed by atoms with Crippen LogP contribution >= 0.6 is 23.2 Å². The number of hydrogen-bond donors (Lipinski definition) is 0. The van der Waals surface area contributed by atoms with Gasteiger partial charge in [0.2, 0.25) is 0 Å². The molecule has 0 aromatic carbocycles. The molecule has 0 amide bonds. The number of nitrogens with zero attached hydrogens (tertiary/aromatic N) is 1. The summed E-state index contributed by atoms with van der Waals surface area (Å²) in [5.41, 5.74) is -0.0998. The van der Waals surface area contributed by atoms with E-state index in [1.54, 1.807) is 0 Å². The summed E-state index contributed by atoms with van der Waals surface area (Å²) in [6, 6.07) is 1.03. The lowest BCUT2D eigenvalue weighted by Gasteiger charge is -2.12. The highest BCUT2D eigenvalue weighted by molar-refractivity contribution is 6.29. The van der Waals surface area contributed by atoms with Crippen molar-refractivity contribution in [2.24, 2.45) is 0 Å². The maximum absolute atomic E-state index is 12.8. The van der Waals surface area contributed by atoms with E-state index in [1.165, 1.54) is 7.11 Å². The lowest BCUT2D eigenvalue weighted by molar-refractivity contribution is -0.139. The molecule has 0 bridgehead atoms. The SMILES string of the molecule is COC(=O)Cc1c(C(F)F)cc(Cl)nc1CCl. The van der Waals surface area contributed by atoms with Gasteiger partial charge >= 0.3 is 5.97 Å². The molecule has 1 aromatic rings. The number of aromatic nitrogens is 1. The molecule has 1 rings (SSSR count). The van der Waals surface area contributed by atoms with Crippen molar-refractivity contribution < 1.29 is 18.3 Å². The molecule has 0 saturated heterocycles. The summed E-state index contributed by atoms with van der Waals surface area (Å²) < 4.78 is 30.0. The molecule has 7 heteroatoms. The topological polar surface area (TPSA) is 39.2 Å². The fourth-order valence-corrected chi connectivity index (χ4v) is 1.78. The predicted octanol–water partition coefficient (Wildman–Crippen LogP) is 3.13. The van der Waals surface area contributed by atoms with E-state index in [4.69, 9.17) is 23.2 Å². The summed E-state index contributed by atoms with van der Waals surface area (Å²) in [4.78, 5) is 15.0. The summed E-state index contributed by atoms with van der Waals surface area (Å²) in [6.45, 7) is 0. The van der Waals surface area contributed by atoms with Crippen molar-refractivity contribution >= 4 is 29.2 Å². The zero-order valence-electron chi connectivity index (χ0n) is 8.84. The predicted molar refractivity (Wildman–Crippen MR) is 59.5 cm³/mol. The minimum atomic E-state index is -2.75. The molecule has 94 valence electrons. The Morgan fingerprint density at radius 1 is 1.59 bits per heavy atom. The van der Waals surface area contributed by atoms with Crippen molar-refractivity contribution in [3.05, 3.63) is 28.0 Å². The molecule has 0 radical (unpaired) electrons. The summed E-state index contributed by atoms with van der Waals surface area (Å²) >= 11 is 11.2. The summed E-state index contributed by atoms with van der Waals surface area (Å²) in [5, 5.41) is -0.0791. The summed E-state index contributed by atoms with van der Waals surface area (Å²) in [7, 11) is 1.17. The molecule has 0 saturated carbocycles. The van der Waals surface area contributed by atoms with Gasteiger partial charge in [0.15, 0.2) is 0 Å². The number of carbonyl (C=O) groups is 1. The van der Waals surface area contributed by atoms with Crippen LogP contribution in [0.4, 0.5) is 8.78 Å². The Bertz CT molecular complexity index is 427. The third kappa shape index (κ3) is 3.51. The van der Waals surface area contributed by atoms with E-state index in [2.05, 4.69) is 9.72 Å². The molecule has 0 aliphatic rings. The zero-order chi connectivity index (χ0) is 13.0. The van der Waals surface area contributed by atoms with Crippen LogP contribution in [-0.2, 0) is 21.8 Å². The second-order valence-electron chi connectivity index (χ2n) is 3.15. The quantitative estimate of drug-likeness (QED) is 0.484. The molecule has 0 aliphatic heterocycles. The average molecular weight is 284 g/mol. The molecule has 1 heterocycles. The van der Waals surface area contributed by atoms with Gasteiger partial charge in [-0.1, -0.05) is 11.6 Å². The first-order valence-corrected chi connectivity index (χ1v) is 5.50. The number of halogens is 4. The Morgan fingerprint density at radius 2 is 2.24 bits per heavy atom. The third-order valence-corrected chi connectivity index (χ3v) is 2.57. The van der Waals surface area contributed by atoms with E-state index >= 15 is 0 Å². The molecule has 0 atom stereocenters. The first kappa shape index (κ1) is 14.1. The number of methoxy groups -OCH3 is 1. The second kappa shape index (κ2) is 6.12. The largest absolute Gasteiger partial charge is 0.469 e. The van der Waals surface area contributed by atoms with Crippen molar-refractivity contribution in [1.29, 1.82) is 0 Å². The number of carbonyl (C=O) groups excluding carboxylic acids is 1. The highest BCUT2D eigenvalue weighted by atomic mass is 35.5. The highest BCUT2D eigenvalue weighted by Crippen LogP contribution is 2.28. The number of hydrogen-bond acceptors (Lipinski definition) is 3. The van der Waals surface area contributed by atoms with Gasteiger partial charge in [0.05, 0.1) is 25.1 Å². The van der Waals surface area contributed by atoms with Crippen molar-refractivity contribution in [3.8, 4) is 0 Å². The Morgan fingerprint density at radius 3 is 2.71 bits per heavy atom. The van der Waals surface area contributed by atoms with Gasteiger partial charge in [-0.25, -0.2) is 13.8 Å². The monoisotopic (exact) mass is 283 g/mol. The van der Waals surface area contributed by atoms with Crippen molar-refractivity contribution in [2.45, 2.75) is 18.7 Å². The Balaban J connectivity index is 3.26. The molecule has 1 aromatic heterocycles. The minimum Gasteiger partial charge on any atom is -0.469 e. The standard InChI is InChI=1S/C10H9Cl2F2NO2/c1-17-9(16)3-5-6(10(13)14)2-8(12)15-7(5)4-11/h2,10H,3-4H2,1H3. The van der Waals surface area contributed by atoms with E-state index in [9.17, 15) is 13.6 Å². The summed E-state index contributed by atoms with van der Waals surface area (Å²) in [5.74, 6) is -0.741. The van der Waals surface area contributed by atoms with Crippen LogP contribution in [0.3, 0.4) is 0 Å². The fourth-order valence-electron chi connectivity index (χ4n) is 1.34. The van der Waals surface area contributed by atoms with Gasteiger partial charge in [0.1, 0.15) is 5.15 Å². The van der Waals surface area contributed by atoms with Gasteiger partial charge in [-0.2, -0.15) is 0 Å². The van der Waals surface area contributed by atoms with Crippen LogP contribution in [-0.4, -0.2) is 18.1 Å². The molecular weight excluding hydrogens is 275 g/mol. The Labute approximate surface area is 107 Å². The third-order valence-electron chi connectivity index (χ3n) is 2.12. The van der Waals surface area contributed by atoms with E-state index in [1.807, 2.05) is 0 Å². The number of rotatable bonds is 4. The minimum absolute atomic E-state index is 0.0752. The van der Waals surface area contributed by atoms with Gasteiger partial charge < -0.3 is 4.74 Å². The summed E-state index contributed by atoms with van der Waals surface area (Å²) in [6.07, 6.45) is -3.06. The molecule has 3 nitrogen and oxygen atoms in total. The maximum Gasteiger partial charge on any atom is 0.310 e. The van der Waals surface area contributed by atoms with Gasteiger partial charge in [-0.15, -0.1) is 11.6 Å². The smallest absolute Gasteiger partial charge is 0.310 e. The Kier molecular flexibility index (Phi) is 5.08. The molecule has 0 spiro atoms. The van der Waals surface area contributed by atoms with Gasteiger partial charge in [-0.3, -0.25) is 4.79 Å². The normalized spacial score (nSPS) is 10.7. The zero-order valence-corrected chi connectivity index (χ0v) is 10.4. The lowest BCUT2D eigenvalue weighted by atomic mass is 10.0. The molecule has 0 N–H and O–H groups in total. The van der Waals surface area contributed by atoms with Crippen molar-refractivity contribution in [1.82, 2.24) is 4.98 Å². The number of ether oxygens (including phenoxy) is 1. The Hall–Kier alpha value is -0.940. The van der Waals surface area contributed by atoms with Crippen LogP contribution in [0.25, 0.3) is 0 Å². The van der Waals surface area contributed by atoms with Crippen molar-refractivity contribution in [3.63, 3.8) is 0 Å². The number of pyridine rings is 1. The van der Waals surface area contributed by atoms with Gasteiger partial charge in [0, 0.05) is 5.56 Å². The first-order valence-electron chi connectivity index (χ1n) is 4.58. The molecule has 0 unspecified atom stereocenters. The van der Waals surface area contributed by atoms with Gasteiger partial charge in [-0.05, 0) is 11.6 Å². The first-order chi connectivity index (χ1) is 7.99. The maximum atomic E-state index is 12.8. The van der Waals surface area contributed by atoms with E-state index in [-0.39, 0.29) is 34.3 Å². The second-order valence-corrected chi connectivity index (χ2v) is 3.80. The van der Waals surface area contributed by atoms with Crippen LogP contribution in [0.15, 0.2) is 6.07 Å². The van der Waals surface area contributed by atoms with E-state index in [0.29, 0.717) is 0 Å². The van der Waals surface area contributed by atoms with E-state index in [0.717, 1.165) is 6.07 Å². The molecule has 17 heavy (non-hydrogen) atoms. The average Bonchev–Trinajstić information content (AvgIpc) is 2.30. The van der Waals surface area contributed by atoms with E-state index < -0.39 is 12.4 Å². The lowest BCUT2D eigenvalue weighted by Crippen LogP contribution is -2.11. The van der Waals surface area contributed by atoms with Crippen LogP contribution in [0.5, 0.6) is 0 Å². The number of alkyl halides is 3. The van der Waals surface area contributed by atoms with Crippen LogP contribution in [0.2, 0.25) is 5.15 Å². The fraction of sp³-hybridized carbons (Fsp3) is 0.400. The van der Waals surface area contributed by atoms with Crippen LogP contribution < -0.4 is 0 Å².